The van der Waals surface area contributed by atoms with Crippen molar-refractivity contribution in [3.8, 4) is 6.07 Å². The number of halogens is 1. The van der Waals surface area contributed by atoms with Crippen LogP contribution in [0.2, 0.25) is 5.02 Å². The quantitative estimate of drug-likeness (QED) is 0.793. The minimum absolute atomic E-state index is 0.245. The molecule has 2 aromatic rings. The monoisotopic (exact) mass is 394 g/mol. The largest absolute Gasteiger partial charge is 0.354 e. The van der Waals surface area contributed by atoms with Gasteiger partial charge in [-0.3, -0.25) is 4.79 Å². The van der Waals surface area contributed by atoms with Crippen molar-refractivity contribution in [1.29, 1.82) is 5.26 Å². The van der Waals surface area contributed by atoms with E-state index < -0.39 is 5.41 Å². The molecule has 0 unspecified atom stereocenters. The molecule has 2 aliphatic heterocycles. The maximum Gasteiger partial charge on any atom is 0.232 e. The van der Waals surface area contributed by atoms with E-state index in [-0.39, 0.29) is 5.91 Å². The number of likely N-dealkylation sites (tertiary alicyclic amines) is 1. The predicted octanol–water partition coefficient (Wildman–Crippen LogP) is 3.67. The Morgan fingerprint density at radius 1 is 1.14 bits per heavy atom. The number of nitrogens with zero attached hydrogens (tertiary/aromatic N) is 4. The lowest BCUT2D eigenvalue weighted by molar-refractivity contribution is -0.144. The normalized spacial score (nSPS) is 18.3. The number of anilines is 1. The first-order valence-corrected chi connectivity index (χ1v) is 10.1. The minimum Gasteiger partial charge on any atom is -0.354 e. The van der Waals surface area contributed by atoms with E-state index in [4.69, 9.17) is 16.9 Å². The molecule has 2 aliphatic rings. The average molecular weight is 395 g/mol. The van der Waals surface area contributed by atoms with Gasteiger partial charge in [-0.2, -0.15) is 5.26 Å². The second kappa shape index (κ2) is 7.81. The van der Waals surface area contributed by atoms with Gasteiger partial charge in [0.25, 0.3) is 0 Å². The van der Waals surface area contributed by atoms with Crippen molar-refractivity contribution in [3.63, 3.8) is 0 Å². The summed E-state index contributed by atoms with van der Waals surface area (Å²) in [6.45, 7) is 2.94. The summed E-state index contributed by atoms with van der Waals surface area (Å²) in [5.74, 6) is 1.01. The molecule has 0 saturated carbocycles. The van der Waals surface area contributed by atoms with Crippen LogP contribution in [0.1, 0.15) is 30.4 Å². The van der Waals surface area contributed by atoms with Crippen LogP contribution in [0.15, 0.2) is 42.6 Å². The van der Waals surface area contributed by atoms with Crippen molar-refractivity contribution in [2.75, 3.05) is 31.1 Å². The fourth-order valence-corrected chi connectivity index (χ4v) is 4.38. The van der Waals surface area contributed by atoms with Gasteiger partial charge >= 0.3 is 0 Å². The summed E-state index contributed by atoms with van der Waals surface area (Å²) >= 11 is 6.03. The van der Waals surface area contributed by atoms with Gasteiger partial charge in [-0.15, -0.1) is 0 Å². The summed E-state index contributed by atoms with van der Waals surface area (Å²) in [5, 5.41) is 9.85. The van der Waals surface area contributed by atoms with E-state index in [2.05, 4.69) is 16.0 Å². The first kappa shape index (κ1) is 18.8. The van der Waals surface area contributed by atoms with Gasteiger partial charge < -0.3 is 9.80 Å². The van der Waals surface area contributed by atoms with Crippen LogP contribution in [0.5, 0.6) is 0 Å². The first-order valence-electron chi connectivity index (χ1n) is 9.75. The SMILES string of the molecule is N#Cc1ccnc(N2CC(Cc3ccc(Cl)cc3)(C(=O)N3CCCCC3)C2)c1. The first-order chi connectivity index (χ1) is 13.6. The smallest absolute Gasteiger partial charge is 0.232 e. The van der Waals surface area contributed by atoms with E-state index in [1.807, 2.05) is 29.2 Å². The summed E-state index contributed by atoms with van der Waals surface area (Å²) in [6.07, 6.45) is 5.70. The Morgan fingerprint density at radius 3 is 2.54 bits per heavy atom. The maximum atomic E-state index is 13.5. The molecule has 144 valence electrons. The summed E-state index contributed by atoms with van der Waals surface area (Å²) in [7, 11) is 0. The molecule has 0 radical (unpaired) electrons. The Balaban J connectivity index is 1.57. The highest BCUT2D eigenvalue weighted by Crippen LogP contribution is 2.39. The van der Waals surface area contributed by atoms with Crippen molar-refractivity contribution in [1.82, 2.24) is 9.88 Å². The van der Waals surface area contributed by atoms with Crippen molar-refractivity contribution in [2.24, 2.45) is 5.41 Å². The molecule has 0 atom stereocenters. The van der Waals surface area contributed by atoms with Gasteiger partial charge in [0, 0.05) is 37.4 Å². The molecule has 1 amide bonds. The van der Waals surface area contributed by atoms with Crippen molar-refractivity contribution < 1.29 is 4.79 Å². The number of carbonyl (C=O) groups excluding carboxylic acids is 1. The third-order valence-corrected chi connectivity index (χ3v) is 5.99. The van der Waals surface area contributed by atoms with E-state index in [9.17, 15) is 4.79 Å². The number of rotatable bonds is 4. The van der Waals surface area contributed by atoms with E-state index in [1.165, 1.54) is 6.42 Å². The van der Waals surface area contributed by atoms with Crippen LogP contribution in [0.4, 0.5) is 5.82 Å². The van der Waals surface area contributed by atoms with Crippen LogP contribution in [0.3, 0.4) is 0 Å². The molecule has 1 aromatic carbocycles. The van der Waals surface area contributed by atoms with Gasteiger partial charge in [-0.1, -0.05) is 23.7 Å². The summed E-state index contributed by atoms with van der Waals surface area (Å²) in [5.41, 5.74) is 1.26. The molecule has 0 bridgehead atoms. The minimum atomic E-state index is -0.449. The Hall–Kier alpha value is -2.58. The number of benzene rings is 1. The van der Waals surface area contributed by atoms with Crippen LogP contribution in [-0.4, -0.2) is 42.0 Å². The lowest BCUT2D eigenvalue weighted by atomic mass is 9.73. The number of pyridine rings is 1. The number of hydrogen-bond acceptors (Lipinski definition) is 4. The van der Waals surface area contributed by atoms with Gasteiger partial charge in [-0.25, -0.2) is 4.98 Å². The Morgan fingerprint density at radius 2 is 1.86 bits per heavy atom. The number of carbonyl (C=O) groups is 1. The van der Waals surface area contributed by atoms with E-state index in [0.29, 0.717) is 30.1 Å². The number of aromatic nitrogens is 1. The molecular weight excluding hydrogens is 372 g/mol. The molecular formula is C22H23ClN4O. The van der Waals surface area contributed by atoms with Crippen LogP contribution in [0.25, 0.3) is 0 Å². The van der Waals surface area contributed by atoms with Crippen LogP contribution in [0, 0.1) is 16.7 Å². The third-order valence-electron chi connectivity index (χ3n) is 5.74. The molecule has 0 spiro atoms. The molecule has 3 heterocycles. The van der Waals surface area contributed by atoms with Crippen LogP contribution >= 0.6 is 11.6 Å². The lowest BCUT2D eigenvalue weighted by Gasteiger charge is -2.51. The van der Waals surface area contributed by atoms with Gasteiger partial charge in [0.1, 0.15) is 5.82 Å². The zero-order valence-corrected chi connectivity index (χ0v) is 16.5. The zero-order chi connectivity index (χ0) is 19.6. The second-order valence-electron chi connectivity index (χ2n) is 7.81. The van der Waals surface area contributed by atoms with Gasteiger partial charge in [0.2, 0.25) is 5.91 Å². The highest BCUT2D eigenvalue weighted by atomic mass is 35.5. The number of amides is 1. The van der Waals surface area contributed by atoms with Gasteiger partial charge in [0.05, 0.1) is 17.0 Å². The lowest BCUT2D eigenvalue weighted by Crippen LogP contribution is -2.65. The molecule has 1 aromatic heterocycles. The van der Waals surface area contributed by atoms with Crippen molar-refractivity contribution in [2.45, 2.75) is 25.7 Å². The fourth-order valence-electron chi connectivity index (χ4n) is 4.26. The molecule has 2 fully saturated rings. The summed E-state index contributed by atoms with van der Waals surface area (Å²) in [4.78, 5) is 22.0. The van der Waals surface area contributed by atoms with Crippen LogP contribution < -0.4 is 4.90 Å². The van der Waals surface area contributed by atoms with Crippen molar-refractivity contribution >= 4 is 23.3 Å². The number of nitriles is 1. The highest BCUT2D eigenvalue weighted by molar-refractivity contribution is 6.30. The Labute approximate surface area is 170 Å². The van der Waals surface area contributed by atoms with E-state index in [1.54, 1.807) is 18.3 Å². The molecule has 4 rings (SSSR count). The third kappa shape index (κ3) is 3.70. The molecule has 0 N–H and O–H groups in total. The molecule has 5 nitrogen and oxygen atoms in total. The molecule has 0 aliphatic carbocycles. The van der Waals surface area contributed by atoms with E-state index in [0.717, 1.165) is 37.3 Å². The topological polar surface area (TPSA) is 60.2 Å². The Bertz CT molecular complexity index is 893. The molecule has 28 heavy (non-hydrogen) atoms. The van der Waals surface area contributed by atoms with E-state index >= 15 is 0 Å². The molecule has 6 heteroatoms. The Kier molecular flexibility index (Phi) is 5.23. The van der Waals surface area contributed by atoms with Crippen molar-refractivity contribution in [3.05, 3.63) is 58.7 Å². The predicted molar refractivity (Wildman–Crippen MR) is 109 cm³/mol. The second-order valence-corrected chi connectivity index (χ2v) is 8.24. The summed E-state index contributed by atoms with van der Waals surface area (Å²) < 4.78 is 0. The van der Waals surface area contributed by atoms with Gasteiger partial charge in [0.15, 0.2) is 0 Å². The maximum absolute atomic E-state index is 13.5. The number of hydrogen-bond donors (Lipinski definition) is 0. The van der Waals surface area contributed by atoms with Crippen LogP contribution in [-0.2, 0) is 11.2 Å². The fraction of sp³-hybridized carbons (Fsp3) is 0.409. The number of piperidine rings is 1. The average Bonchev–Trinajstić information content (AvgIpc) is 2.72. The summed E-state index contributed by atoms with van der Waals surface area (Å²) in [6, 6.07) is 13.4. The molecule has 2 saturated heterocycles. The van der Waals surface area contributed by atoms with Gasteiger partial charge in [-0.05, 0) is 55.5 Å². The highest BCUT2D eigenvalue weighted by Gasteiger charge is 2.51. The standard InChI is InChI=1S/C22H23ClN4O/c23-19-6-4-17(5-7-19)13-22(21(28)26-10-2-1-3-11-26)15-27(16-22)20-12-18(14-24)8-9-25-20/h4-9,12H,1-3,10-11,13,15-16H2. The zero-order valence-electron chi connectivity index (χ0n) is 15.8.